The maximum Gasteiger partial charge on any atom is 0.140 e. The minimum absolute atomic E-state index is 0.115. The summed E-state index contributed by atoms with van der Waals surface area (Å²) >= 11 is 5.89. The van der Waals surface area contributed by atoms with Crippen molar-refractivity contribution in [2.24, 2.45) is 0 Å². The second kappa shape index (κ2) is 3.68. The summed E-state index contributed by atoms with van der Waals surface area (Å²) in [5, 5.41) is 0.492. The van der Waals surface area contributed by atoms with E-state index in [9.17, 15) is 0 Å². The number of anilines is 1. The third-order valence-electron chi connectivity index (χ3n) is 1.36. The van der Waals surface area contributed by atoms with Crippen molar-refractivity contribution in [2.45, 2.75) is 20.0 Å². The molecule has 0 aliphatic carbocycles. The molecule has 0 saturated carbocycles. The molecule has 1 rings (SSSR count). The quantitative estimate of drug-likeness (QED) is 0.720. The Labute approximate surface area is 77.3 Å². The van der Waals surface area contributed by atoms with E-state index in [1.165, 1.54) is 0 Å². The predicted molar refractivity (Wildman–Crippen MR) is 51.6 cm³/mol. The van der Waals surface area contributed by atoms with Gasteiger partial charge in [0.05, 0.1) is 11.8 Å². The van der Waals surface area contributed by atoms with Crippen LogP contribution >= 0.6 is 11.6 Å². The molecule has 0 spiro atoms. The Bertz CT molecular complexity index is 273. The van der Waals surface area contributed by atoms with Crippen molar-refractivity contribution in [1.82, 2.24) is 0 Å². The first kappa shape index (κ1) is 9.20. The van der Waals surface area contributed by atoms with Crippen LogP contribution in [0.3, 0.4) is 0 Å². The molecule has 0 atom stereocenters. The SMILES string of the molecule is CC(C)Oc1cccc(N)c1Cl. The summed E-state index contributed by atoms with van der Waals surface area (Å²) in [6.45, 7) is 3.89. The molecule has 1 aromatic rings. The van der Waals surface area contributed by atoms with E-state index >= 15 is 0 Å². The number of hydrogen-bond acceptors (Lipinski definition) is 2. The fraction of sp³-hybridized carbons (Fsp3) is 0.333. The lowest BCUT2D eigenvalue weighted by atomic mass is 10.3. The van der Waals surface area contributed by atoms with Crippen LogP contribution in [-0.4, -0.2) is 6.10 Å². The fourth-order valence-electron chi connectivity index (χ4n) is 0.873. The first-order chi connectivity index (χ1) is 5.61. The molecule has 12 heavy (non-hydrogen) atoms. The highest BCUT2D eigenvalue weighted by Crippen LogP contribution is 2.30. The highest BCUT2D eigenvalue weighted by atomic mass is 35.5. The molecule has 0 aliphatic rings. The highest BCUT2D eigenvalue weighted by Gasteiger charge is 2.05. The van der Waals surface area contributed by atoms with Crippen LogP contribution in [0.15, 0.2) is 18.2 Å². The van der Waals surface area contributed by atoms with Gasteiger partial charge >= 0.3 is 0 Å². The summed E-state index contributed by atoms with van der Waals surface area (Å²) in [6, 6.07) is 5.37. The molecule has 0 heterocycles. The Hall–Kier alpha value is -0.890. The van der Waals surface area contributed by atoms with Gasteiger partial charge in [-0.25, -0.2) is 0 Å². The monoisotopic (exact) mass is 185 g/mol. The van der Waals surface area contributed by atoms with E-state index in [1.54, 1.807) is 12.1 Å². The molecular weight excluding hydrogens is 174 g/mol. The molecule has 1 aromatic carbocycles. The van der Waals surface area contributed by atoms with Gasteiger partial charge < -0.3 is 10.5 Å². The average Bonchev–Trinajstić information content (AvgIpc) is 1.98. The molecule has 0 amide bonds. The maximum atomic E-state index is 5.89. The van der Waals surface area contributed by atoms with Crippen LogP contribution in [0, 0.1) is 0 Å². The Morgan fingerprint density at radius 2 is 2.08 bits per heavy atom. The zero-order valence-corrected chi connectivity index (χ0v) is 7.93. The number of halogens is 1. The van der Waals surface area contributed by atoms with Gasteiger partial charge in [0.2, 0.25) is 0 Å². The van der Waals surface area contributed by atoms with Gasteiger partial charge in [-0.1, -0.05) is 17.7 Å². The number of nitrogens with two attached hydrogens (primary N) is 1. The van der Waals surface area contributed by atoms with Gasteiger partial charge in [0, 0.05) is 0 Å². The van der Waals surface area contributed by atoms with Crippen molar-refractivity contribution in [1.29, 1.82) is 0 Å². The van der Waals surface area contributed by atoms with E-state index in [-0.39, 0.29) is 6.10 Å². The highest BCUT2D eigenvalue weighted by molar-refractivity contribution is 6.34. The third kappa shape index (κ3) is 2.05. The summed E-state index contributed by atoms with van der Waals surface area (Å²) in [5.74, 6) is 0.645. The predicted octanol–water partition coefficient (Wildman–Crippen LogP) is 2.71. The fourth-order valence-corrected chi connectivity index (χ4v) is 1.04. The van der Waals surface area contributed by atoms with E-state index < -0.39 is 0 Å². The van der Waals surface area contributed by atoms with Crippen molar-refractivity contribution < 1.29 is 4.74 Å². The number of benzene rings is 1. The van der Waals surface area contributed by atoms with E-state index in [2.05, 4.69) is 0 Å². The molecule has 0 unspecified atom stereocenters. The molecule has 66 valence electrons. The first-order valence-corrected chi connectivity index (χ1v) is 4.19. The number of rotatable bonds is 2. The molecular formula is C9H12ClNO. The third-order valence-corrected chi connectivity index (χ3v) is 1.76. The number of hydrogen-bond donors (Lipinski definition) is 1. The lowest BCUT2D eigenvalue weighted by molar-refractivity contribution is 0.243. The maximum absolute atomic E-state index is 5.89. The van der Waals surface area contributed by atoms with E-state index in [1.807, 2.05) is 19.9 Å². The number of ether oxygens (including phenoxy) is 1. The Morgan fingerprint density at radius 3 is 2.67 bits per heavy atom. The number of nitrogen functional groups attached to an aromatic ring is 1. The van der Waals surface area contributed by atoms with Crippen molar-refractivity contribution >= 4 is 17.3 Å². The van der Waals surface area contributed by atoms with Crippen LogP contribution in [0.5, 0.6) is 5.75 Å². The zero-order chi connectivity index (χ0) is 9.14. The van der Waals surface area contributed by atoms with E-state index in [0.717, 1.165) is 0 Å². The summed E-state index contributed by atoms with van der Waals surface area (Å²) < 4.78 is 5.41. The van der Waals surface area contributed by atoms with Gasteiger partial charge in [-0.15, -0.1) is 0 Å². The van der Waals surface area contributed by atoms with Gasteiger partial charge in [-0.2, -0.15) is 0 Å². The van der Waals surface area contributed by atoms with Crippen LogP contribution < -0.4 is 10.5 Å². The van der Waals surface area contributed by atoms with Crippen molar-refractivity contribution in [2.75, 3.05) is 5.73 Å². The second-order valence-electron chi connectivity index (χ2n) is 2.83. The molecule has 0 bridgehead atoms. The second-order valence-corrected chi connectivity index (χ2v) is 3.20. The minimum Gasteiger partial charge on any atom is -0.489 e. The first-order valence-electron chi connectivity index (χ1n) is 3.82. The largest absolute Gasteiger partial charge is 0.489 e. The van der Waals surface area contributed by atoms with Crippen molar-refractivity contribution in [3.05, 3.63) is 23.2 Å². The van der Waals surface area contributed by atoms with Gasteiger partial charge in [0.25, 0.3) is 0 Å². The van der Waals surface area contributed by atoms with Gasteiger partial charge in [-0.05, 0) is 26.0 Å². The van der Waals surface area contributed by atoms with Crippen LogP contribution in [-0.2, 0) is 0 Å². The molecule has 2 N–H and O–H groups in total. The molecule has 0 radical (unpaired) electrons. The van der Waals surface area contributed by atoms with E-state index in [4.69, 9.17) is 22.1 Å². The van der Waals surface area contributed by atoms with Crippen LogP contribution in [0.2, 0.25) is 5.02 Å². The molecule has 0 aliphatic heterocycles. The lowest BCUT2D eigenvalue weighted by Crippen LogP contribution is -2.06. The molecule has 2 nitrogen and oxygen atoms in total. The Balaban J connectivity index is 2.92. The summed E-state index contributed by atoms with van der Waals surface area (Å²) in [6.07, 6.45) is 0.115. The average molecular weight is 186 g/mol. The summed E-state index contributed by atoms with van der Waals surface area (Å²) in [7, 11) is 0. The van der Waals surface area contributed by atoms with E-state index in [0.29, 0.717) is 16.5 Å². The molecule has 0 aromatic heterocycles. The Morgan fingerprint density at radius 1 is 1.42 bits per heavy atom. The van der Waals surface area contributed by atoms with Crippen LogP contribution in [0.4, 0.5) is 5.69 Å². The molecule has 3 heteroatoms. The normalized spacial score (nSPS) is 10.3. The van der Waals surface area contributed by atoms with Gasteiger partial charge in [0.15, 0.2) is 0 Å². The summed E-state index contributed by atoms with van der Waals surface area (Å²) in [4.78, 5) is 0. The van der Waals surface area contributed by atoms with Gasteiger partial charge in [0.1, 0.15) is 10.8 Å². The van der Waals surface area contributed by atoms with Gasteiger partial charge in [-0.3, -0.25) is 0 Å². The minimum atomic E-state index is 0.115. The standard InChI is InChI=1S/C9H12ClNO/c1-6(2)12-8-5-3-4-7(11)9(8)10/h3-6H,11H2,1-2H3. The topological polar surface area (TPSA) is 35.2 Å². The van der Waals surface area contributed by atoms with Crippen molar-refractivity contribution in [3.8, 4) is 5.75 Å². The smallest absolute Gasteiger partial charge is 0.140 e. The zero-order valence-electron chi connectivity index (χ0n) is 7.17. The Kier molecular flexibility index (Phi) is 2.82. The lowest BCUT2D eigenvalue weighted by Gasteiger charge is -2.11. The molecule has 0 saturated heterocycles. The molecule has 0 fully saturated rings. The van der Waals surface area contributed by atoms with Crippen molar-refractivity contribution in [3.63, 3.8) is 0 Å². The summed E-state index contributed by atoms with van der Waals surface area (Å²) in [5.41, 5.74) is 6.14. The van der Waals surface area contributed by atoms with Crippen LogP contribution in [0.1, 0.15) is 13.8 Å². The van der Waals surface area contributed by atoms with Crippen LogP contribution in [0.25, 0.3) is 0 Å².